The average molecular weight is 366 g/mol. The van der Waals surface area contributed by atoms with Crippen molar-refractivity contribution in [1.29, 1.82) is 0 Å². The molecule has 0 fully saturated rings. The van der Waals surface area contributed by atoms with Gasteiger partial charge in [0.05, 0.1) is 12.8 Å². The van der Waals surface area contributed by atoms with Gasteiger partial charge in [-0.3, -0.25) is 14.7 Å². The van der Waals surface area contributed by atoms with Gasteiger partial charge in [-0.1, -0.05) is 6.07 Å². The maximum absolute atomic E-state index is 14.3. The summed E-state index contributed by atoms with van der Waals surface area (Å²) in [5.41, 5.74) is 2.67. The van der Waals surface area contributed by atoms with E-state index in [1.807, 2.05) is 6.07 Å². The number of H-pyrrole nitrogens is 1. The van der Waals surface area contributed by atoms with E-state index < -0.39 is 0 Å². The van der Waals surface area contributed by atoms with Gasteiger partial charge >= 0.3 is 0 Å². The molecule has 1 N–H and O–H groups in total. The topological polar surface area (TPSA) is 71.1 Å². The van der Waals surface area contributed by atoms with Gasteiger partial charge in [0.25, 0.3) is 5.56 Å². The number of aromatic amines is 1. The molecule has 4 rings (SSSR count). The third-order valence-electron chi connectivity index (χ3n) is 4.74. The number of nitrogens with zero attached hydrogens (tertiary/aromatic N) is 3. The number of hydrogen-bond acceptors (Lipinski definition) is 5. The van der Waals surface area contributed by atoms with Crippen molar-refractivity contribution in [2.24, 2.45) is 0 Å². The quantitative estimate of drug-likeness (QED) is 0.768. The normalized spacial score (nSPS) is 14.0. The lowest BCUT2D eigenvalue weighted by atomic mass is 10.0. The van der Waals surface area contributed by atoms with Crippen molar-refractivity contribution in [3.05, 3.63) is 75.7 Å². The highest BCUT2D eigenvalue weighted by Crippen LogP contribution is 2.22. The Morgan fingerprint density at radius 2 is 2.22 bits per heavy atom. The van der Waals surface area contributed by atoms with Gasteiger partial charge in [0.15, 0.2) is 0 Å². The fourth-order valence-corrected chi connectivity index (χ4v) is 3.29. The van der Waals surface area contributed by atoms with E-state index in [4.69, 9.17) is 4.74 Å². The summed E-state index contributed by atoms with van der Waals surface area (Å²) in [4.78, 5) is 26.1. The Morgan fingerprint density at radius 1 is 1.33 bits per heavy atom. The largest absolute Gasteiger partial charge is 0.497 e. The Labute approximate surface area is 155 Å². The van der Waals surface area contributed by atoms with Crippen LogP contribution in [0.2, 0.25) is 0 Å². The highest BCUT2D eigenvalue weighted by atomic mass is 19.1. The van der Waals surface area contributed by atoms with Crippen molar-refractivity contribution in [3.8, 4) is 17.1 Å². The minimum atomic E-state index is -0.296. The molecule has 0 unspecified atom stereocenters. The number of aromatic nitrogens is 3. The Kier molecular flexibility index (Phi) is 4.68. The van der Waals surface area contributed by atoms with Crippen LogP contribution in [0.1, 0.15) is 16.8 Å². The van der Waals surface area contributed by atoms with Crippen molar-refractivity contribution in [2.45, 2.75) is 19.5 Å². The Bertz CT molecular complexity index is 1020. The number of halogens is 1. The third kappa shape index (κ3) is 3.59. The number of hydrogen-bond donors (Lipinski definition) is 1. The highest BCUT2D eigenvalue weighted by Gasteiger charge is 2.22. The molecule has 6 nitrogen and oxygen atoms in total. The molecule has 0 spiro atoms. The van der Waals surface area contributed by atoms with Crippen molar-refractivity contribution in [2.75, 3.05) is 13.7 Å². The van der Waals surface area contributed by atoms with Crippen LogP contribution in [0.5, 0.6) is 5.75 Å². The maximum Gasteiger partial charge on any atom is 0.254 e. The molecule has 1 aliphatic rings. The second-order valence-electron chi connectivity index (χ2n) is 6.50. The lowest BCUT2D eigenvalue weighted by Gasteiger charge is -2.28. The summed E-state index contributed by atoms with van der Waals surface area (Å²) in [5, 5.41) is 0. The van der Waals surface area contributed by atoms with Crippen LogP contribution in [0.25, 0.3) is 11.4 Å². The summed E-state index contributed by atoms with van der Waals surface area (Å²) >= 11 is 0. The fourth-order valence-electron chi connectivity index (χ4n) is 3.29. The Morgan fingerprint density at radius 3 is 2.96 bits per heavy atom. The second kappa shape index (κ2) is 7.28. The van der Waals surface area contributed by atoms with Crippen molar-refractivity contribution in [1.82, 2.24) is 19.9 Å². The summed E-state index contributed by atoms with van der Waals surface area (Å²) in [6, 6.07) is 8.52. The van der Waals surface area contributed by atoms with Crippen LogP contribution in [0, 0.1) is 5.82 Å². The SMILES string of the molecule is COc1ccc(CN2CCc3c(nc(-c4cccnc4)[nH]c3=O)C2)c(F)c1. The number of fused-ring (bicyclic) bond motifs is 1. The van der Waals surface area contributed by atoms with Gasteiger partial charge in [-0.05, 0) is 24.6 Å². The van der Waals surface area contributed by atoms with Gasteiger partial charge < -0.3 is 9.72 Å². The molecule has 27 heavy (non-hydrogen) atoms. The monoisotopic (exact) mass is 366 g/mol. The van der Waals surface area contributed by atoms with E-state index in [1.54, 1.807) is 30.6 Å². The average Bonchev–Trinajstić information content (AvgIpc) is 2.70. The minimum Gasteiger partial charge on any atom is -0.497 e. The molecule has 1 aromatic carbocycles. The first-order valence-electron chi connectivity index (χ1n) is 8.71. The molecule has 7 heteroatoms. The second-order valence-corrected chi connectivity index (χ2v) is 6.50. The van der Waals surface area contributed by atoms with E-state index in [2.05, 4.69) is 19.9 Å². The zero-order valence-corrected chi connectivity index (χ0v) is 14.9. The summed E-state index contributed by atoms with van der Waals surface area (Å²) in [7, 11) is 1.51. The zero-order valence-electron chi connectivity index (χ0n) is 14.9. The molecule has 0 amide bonds. The summed E-state index contributed by atoms with van der Waals surface area (Å²) in [6.07, 6.45) is 3.92. The van der Waals surface area contributed by atoms with Crippen LogP contribution in [0.3, 0.4) is 0 Å². The fraction of sp³-hybridized carbons (Fsp3) is 0.250. The summed E-state index contributed by atoms with van der Waals surface area (Å²) in [5.74, 6) is 0.703. The smallest absolute Gasteiger partial charge is 0.254 e. The maximum atomic E-state index is 14.3. The first-order valence-corrected chi connectivity index (χ1v) is 8.71. The highest BCUT2D eigenvalue weighted by molar-refractivity contribution is 5.53. The van der Waals surface area contributed by atoms with E-state index in [9.17, 15) is 9.18 Å². The molecule has 0 saturated carbocycles. The number of pyridine rings is 1. The third-order valence-corrected chi connectivity index (χ3v) is 4.74. The number of nitrogens with one attached hydrogen (secondary N) is 1. The van der Waals surface area contributed by atoms with Crippen LogP contribution in [0.4, 0.5) is 4.39 Å². The van der Waals surface area contributed by atoms with Gasteiger partial charge in [0.2, 0.25) is 0 Å². The van der Waals surface area contributed by atoms with Crippen LogP contribution in [-0.4, -0.2) is 33.5 Å². The molecule has 3 aromatic rings. The first-order chi connectivity index (χ1) is 13.1. The van der Waals surface area contributed by atoms with Gasteiger partial charge in [0, 0.05) is 54.8 Å². The molecular formula is C20H19FN4O2. The van der Waals surface area contributed by atoms with E-state index in [0.717, 1.165) is 11.3 Å². The molecule has 0 aliphatic carbocycles. The number of rotatable bonds is 4. The van der Waals surface area contributed by atoms with Gasteiger partial charge in [-0.15, -0.1) is 0 Å². The lowest BCUT2D eigenvalue weighted by molar-refractivity contribution is 0.237. The predicted molar refractivity (Wildman–Crippen MR) is 98.9 cm³/mol. The number of methoxy groups -OCH3 is 1. The molecule has 3 heterocycles. The first kappa shape index (κ1) is 17.4. The van der Waals surface area contributed by atoms with E-state index in [-0.39, 0.29) is 11.4 Å². The molecule has 0 saturated heterocycles. The molecule has 2 aromatic heterocycles. The van der Waals surface area contributed by atoms with Crippen LogP contribution in [0.15, 0.2) is 47.5 Å². The molecule has 138 valence electrons. The Balaban J connectivity index is 1.59. The summed E-state index contributed by atoms with van der Waals surface area (Å²) < 4.78 is 19.3. The lowest BCUT2D eigenvalue weighted by Crippen LogP contribution is -2.35. The van der Waals surface area contributed by atoms with Gasteiger partial charge in [0.1, 0.15) is 17.4 Å². The minimum absolute atomic E-state index is 0.117. The molecular weight excluding hydrogens is 347 g/mol. The van der Waals surface area contributed by atoms with E-state index in [0.29, 0.717) is 48.8 Å². The summed E-state index contributed by atoms with van der Waals surface area (Å²) in [6.45, 7) is 1.62. The number of ether oxygens (including phenoxy) is 1. The van der Waals surface area contributed by atoms with Crippen LogP contribution < -0.4 is 10.3 Å². The molecule has 1 aliphatic heterocycles. The predicted octanol–water partition coefficient (Wildman–Crippen LogP) is 2.54. The Hall–Kier alpha value is -3.06. The van der Waals surface area contributed by atoms with Gasteiger partial charge in [-0.2, -0.15) is 0 Å². The van der Waals surface area contributed by atoms with Crippen molar-refractivity contribution in [3.63, 3.8) is 0 Å². The van der Waals surface area contributed by atoms with Gasteiger partial charge in [-0.25, -0.2) is 9.37 Å². The van der Waals surface area contributed by atoms with Crippen molar-refractivity contribution < 1.29 is 9.13 Å². The molecule has 0 radical (unpaired) electrons. The van der Waals surface area contributed by atoms with Crippen LogP contribution >= 0.6 is 0 Å². The molecule has 0 atom stereocenters. The van der Waals surface area contributed by atoms with E-state index >= 15 is 0 Å². The van der Waals surface area contributed by atoms with E-state index in [1.165, 1.54) is 13.2 Å². The van der Waals surface area contributed by atoms with Crippen LogP contribution in [-0.2, 0) is 19.5 Å². The standard InChI is InChI=1S/C20H19FN4O2/c1-27-15-5-4-14(17(21)9-15)11-25-8-6-16-18(12-25)23-19(24-20(16)26)13-3-2-7-22-10-13/h2-5,7,9-10H,6,8,11-12H2,1H3,(H,23,24,26). The number of benzene rings is 1. The van der Waals surface area contributed by atoms with Crippen molar-refractivity contribution >= 4 is 0 Å². The molecule has 0 bridgehead atoms. The zero-order chi connectivity index (χ0) is 18.8.